The molecule has 0 amide bonds. The van der Waals surface area contributed by atoms with Crippen LogP contribution in [0.2, 0.25) is 19.6 Å². The Bertz CT molecular complexity index is 497. The van der Waals surface area contributed by atoms with E-state index in [-0.39, 0.29) is 0 Å². The lowest BCUT2D eigenvalue weighted by atomic mass is 10.1. The fourth-order valence-electron chi connectivity index (χ4n) is 1.98. The minimum Gasteiger partial charge on any atom is -0.398 e. The summed E-state index contributed by atoms with van der Waals surface area (Å²) in [7, 11) is -1.28. The molecule has 0 spiro atoms. The fraction of sp³-hybridized carbons (Fsp3) is 0.231. The molecule has 2 heteroatoms. The zero-order valence-electron chi connectivity index (χ0n) is 9.54. The van der Waals surface area contributed by atoms with Gasteiger partial charge < -0.3 is 5.73 Å². The van der Waals surface area contributed by atoms with Crippen LogP contribution in [0.1, 0.15) is 0 Å². The zero-order valence-corrected chi connectivity index (χ0v) is 10.5. The minimum atomic E-state index is -1.28. The molecular weight excluding hydrogens is 198 g/mol. The van der Waals surface area contributed by atoms with Gasteiger partial charge in [-0.3, -0.25) is 0 Å². The number of benzene rings is 2. The lowest BCUT2D eigenvalue weighted by Crippen LogP contribution is -2.38. The van der Waals surface area contributed by atoms with E-state index in [0.717, 1.165) is 5.69 Å². The summed E-state index contributed by atoms with van der Waals surface area (Å²) in [4.78, 5) is 0. The monoisotopic (exact) mass is 215 g/mol. The third-order valence-corrected chi connectivity index (χ3v) is 4.82. The Morgan fingerprint density at radius 2 is 1.47 bits per heavy atom. The topological polar surface area (TPSA) is 26.0 Å². The predicted octanol–water partition coefficient (Wildman–Crippen LogP) is 2.97. The third-order valence-electron chi connectivity index (χ3n) is 2.77. The van der Waals surface area contributed by atoms with Crippen LogP contribution in [0.15, 0.2) is 36.4 Å². The average molecular weight is 215 g/mol. The summed E-state index contributed by atoms with van der Waals surface area (Å²) in [5.41, 5.74) is 6.87. The van der Waals surface area contributed by atoms with Gasteiger partial charge >= 0.3 is 0 Å². The molecule has 0 saturated carbocycles. The first-order valence-corrected chi connectivity index (χ1v) is 8.78. The highest BCUT2D eigenvalue weighted by molar-refractivity contribution is 6.90. The number of nitrogen functional groups attached to an aromatic ring is 1. The first kappa shape index (κ1) is 10.2. The van der Waals surface area contributed by atoms with Gasteiger partial charge in [-0.25, -0.2) is 0 Å². The van der Waals surface area contributed by atoms with E-state index < -0.39 is 8.07 Å². The van der Waals surface area contributed by atoms with Gasteiger partial charge in [0.2, 0.25) is 0 Å². The molecule has 15 heavy (non-hydrogen) atoms. The van der Waals surface area contributed by atoms with Gasteiger partial charge in [0.05, 0.1) is 8.07 Å². The minimum absolute atomic E-state index is 0.882. The van der Waals surface area contributed by atoms with Gasteiger partial charge in [0.25, 0.3) is 0 Å². The second kappa shape index (κ2) is 3.38. The summed E-state index contributed by atoms with van der Waals surface area (Å²) in [6.07, 6.45) is 0. The van der Waals surface area contributed by atoms with E-state index in [1.54, 1.807) is 0 Å². The number of anilines is 1. The van der Waals surface area contributed by atoms with Crippen LogP contribution >= 0.6 is 0 Å². The van der Waals surface area contributed by atoms with E-state index in [2.05, 4.69) is 43.9 Å². The van der Waals surface area contributed by atoms with Crippen LogP contribution in [0.25, 0.3) is 10.8 Å². The van der Waals surface area contributed by atoms with Crippen molar-refractivity contribution in [3.63, 3.8) is 0 Å². The van der Waals surface area contributed by atoms with E-state index in [4.69, 9.17) is 5.73 Å². The van der Waals surface area contributed by atoms with Crippen molar-refractivity contribution < 1.29 is 0 Å². The Morgan fingerprint density at radius 3 is 2.07 bits per heavy atom. The highest BCUT2D eigenvalue weighted by atomic mass is 28.3. The molecule has 0 unspecified atom stereocenters. The van der Waals surface area contributed by atoms with Gasteiger partial charge in [-0.05, 0) is 11.5 Å². The van der Waals surface area contributed by atoms with Crippen LogP contribution in [-0.2, 0) is 0 Å². The highest BCUT2D eigenvalue weighted by Gasteiger charge is 2.19. The maximum atomic E-state index is 5.98. The molecule has 0 aromatic heterocycles. The van der Waals surface area contributed by atoms with Crippen LogP contribution in [0.4, 0.5) is 5.69 Å². The molecule has 0 atom stereocenters. The van der Waals surface area contributed by atoms with Crippen molar-refractivity contribution in [3.8, 4) is 0 Å². The van der Waals surface area contributed by atoms with E-state index in [9.17, 15) is 0 Å². The van der Waals surface area contributed by atoms with Gasteiger partial charge in [0.15, 0.2) is 0 Å². The number of fused-ring (bicyclic) bond motifs is 1. The molecule has 2 aromatic carbocycles. The molecular formula is C13H17NSi. The average Bonchev–Trinajstić information content (AvgIpc) is 2.17. The van der Waals surface area contributed by atoms with Crippen molar-refractivity contribution in [2.24, 2.45) is 0 Å². The van der Waals surface area contributed by atoms with Gasteiger partial charge in [-0.1, -0.05) is 55.2 Å². The second-order valence-electron chi connectivity index (χ2n) is 5.00. The summed E-state index contributed by atoms with van der Waals surface area (Å²) in [5, 5.41) is 4.02. The molecule has 0 aliphatic carbocycles. The van der Waals surface area contributed by atoms with Crippen LogP contribution in [-0.4, -0.2) is 8.07 Å². The predicted molar refractivity (Wildman–Crippen MR) is 71.3 cm³/mol. The van der Waals surface area contributed by atoms with Crippen molar-refractivity contribution in [1.29, 1.82) is 0 Å². The molecule has 0 fully saturated rings. The van der Waals surface area contributed by atoms with E-state index in [0.29, 0.717) is 0 Å². The Kier molecular flexibility index (Phi) is 2.31. The first-order valence-electron chi connectivity index (χ1n) is 5.28. The van der Waals surface area contributed by atoms with Crippen molar-refractivity contribution in [2.75, 3.05) is 5.73 Å². The van der Waals surface area contributed by atoms with Gasteiger partial charge in [-0.15, -0.1) is 0 Å². The summed E-state index contributed by atoms with van der Waals surface area (Å²) < 4.78 is 0. The van der Waals surface area contributed by atoms with Crippen molar-refractivity contribution in [1.82, 2.24) is 0 Å². The maximum Gasteiger partial charge on any atom is 0.0784 e. The Morgan fingerprint density at radius 1 is 0.867 bits per heavy atom. The van der Waals surface area contributed by atoms with Crippen molar-refractivity contribution >= 4 is 29.7 Å². The van der Waals surface area contributed by atoms with Gasteiger partial charge in [0, 0.05) is 11.1 Å². The van der Waals surface area contributed by atoms with Crippen LogP contribution in [0.3, 0.4) is 0 Å². The van der Waals surface area contributed by atoms with E-state index in [1.165, 1.54) is 16.0 Å². The molecule has 0 bridgehead atoms. The Hall–Kier alpha value is -1.28. The SMILES string of the molecule is C[Si](C)(C)c1ccc(N)c2ccccc12. The van der Waals surface area contributed by atoms with Gasteiger partial charge in [-0.2, -0.15) is 0 Å². The third kappa shape index (κ3) is 1.77. The van der Waals surface area contributed by atoms with Crippen LogP contribution in [0, 0.1) is 0 Å². The number of hydrogen-bond donors (Lipinski definition) is 1. The molecule has 0 aliphatic heterocycles. The quantitative estimate of drug-likeness (QED) is 0.574. The smallest absolute Gasteiger partial charge is 0.0784 e. The highest BCUT2D eigenvalue weighted by Crippen LogP contribution is 2.21. The van der Waals surface area contributed by atoms with E-state index >= 15 is 0 Å². The number of nitrogens with two attached hydrogens (primary N) is 1. The lowest BCUT2D eigenvalue weighted by molar-refractivity contribution is 1.70. The molecule has 2 rings (SSSR count). The van der Waals surface area contributed by atoms with Crippen molar-refractivity contribution in [3.05, 3.63) is 36.4 Å². The van der Waals surface area contributed by atoms with E-state index in [1.807, 2.05) is 12.1 Å². The zero-order chi connectivity index (χ0) is 11.1. The number of rotatable bonds is 1. The largest absolute Gasteiger partial charge is 0.398 e. The van der Waals surface area contributed by atoms with Gasteiger partial charge in [0.1, 0.15) is 0 Å². The normalized spacial score (nSPS) is 11.9. The summed E-state index contributed by atoms with van der Waals surface area (Å²) >= 11 is 0. The summed E-state index contributed by atoms with van der Waals surface area (Å²) in [6.45, 7) is 7.10. The maximum absolute atomic E-state index is 5.98. The van der Waals surface area contributed by atoms with Crippen LogP contribution in [0.5, 0.6) is 0 Å². The van der Waals surface area contributed by atoms with Crippen LogP contribution < -0.4 is 10.9 Å². The lowest BCUT2D eigenvalue weighted by Gasteiger charge is -2.19. The molecule has 78 valence electrons. The molecule has 0 radical (unpaired) electrons. The Balaban J connectivity index is 2.84. The summed E-state index contributed by atoms with van der Waals surface area (Å²) in [5.74, 6) is 0. The summed E-state index contributed by atoms with van der Waals surface area (Å²) in [6, 6.07) is 12.7. The first-order chi connectivity index (χ1) is 7.00. The Labute approximate surface area is 91.9 Å². The number of hydrogen-bond acceptors (Lipinski definition) is 1. The molecule has 0 heterocycles. The molecule has 1 nitrogen and oxygen atoms in total. The fourth-order valence-corrected chi connectivity index (χ4v) is 3.59. The second-order valence-corrected chi connectivity index (χ2v) is 10.0. The van der Waals surface area contributed by atoms with Crippen molar-refractivity contribution in [2.45, 2.75) is 19.6 Å². The molecule has 0 aliphatic rings. The molecule has 0 saturated heterocycles. The molecule has 2 aromatic rings. The standard InChI is InChI=1S/C13H17NSi/c1-15(2,3)13-9-8-12(14)10-6-4-5-7-11(10)13/h4-9H,14H2,1-3H3. The molecule has 2 N–H and O–H groups in total.